The van der Waals surface area contributed by atoms with Crippen LogP contribution in [-0.2, 0) is 22.6 Å². The molecule has 2 aromatic carbocycles. The zero-order valence-corrected chi connectivity index (χ0v) is 15.7. The maximum atomic E-state index is 13.3. The third-order valence-electron chi connectivity index (χ3n) is 5.73. The monoisotopic (exact) mass is 377 g/mol. The minimum absolute atomic E-state index is 0.0781. The fraction of sp³-hybridized carbons (Fsp3) is 0.364. The van der Waals surface area contributed by atoms with Gasteiger partial charge in [-0.1, -0.05) is 30.3 Å². The van der Waals surface area contributed by atoms with E-state index in [1.54, 1.807) is 6.33 Å². The molecular formula is C22H23N3O3. The predicted octanol–water partition coefficient (Wildman–Crippen LogP) is 3.01. The largest absolute Gasteiger partial charge is 0.485 e. The number of aromatic nitrogens is 2. The van der Waals surface area contributed by atoms with Crippen molar-refractivity contribution in [3.05, 3.63) is 60.4 Å². The van der Waals surface area contributed by atoms with Crippen LogP contribution in [0.1, 0.15) is 18.4 Å². The lowest BCUT2D eigenvalue weighted by atomic mass is 9.93. The number of benzene rings is 2. The average Bonchev–Trinajstić information content (AvgIpc) is 3.04. The molecule has 144 valence electrons. The van der Waals surface area contributed by atoms with E-state index in [0.29, 0.717) is 26.3 Å². The van der Waals surface area contributed by atoms with Gasteiger partial charge in [0, 0.05) is 24.9 Å². The van der Waals surface area contributed by atoms with Gasteiger partial charge in [-0.3, -0.25) is 4.79 Å². The zero-order valence-electron chi connectivity index (χ0n) is 15.7. The van der Waals surface area contributed by atoms with Gasteiger partial charge in [0.1, 0.15) is 17.9 Å². The van der Waals surface area contributed by atoms with Gasteiger partial charge in [0.2, 0.25) is 5.91 Å². The van der Waals surface area contributed by atoms with Gasteiger partial charge in [-0.05, 0) is 18.2 Å². The third-order valence-corrected chi connectivity index (χ3v) is 5.73. The molecule has 3 heterocycles. The van der Waals surface area contributed by atoms with Gasteiger partial charge >= 0.3 is 0 Å². The molecule has 1 spiro atoms. The van der Waals surface area contributed by atoms with Gasteiger partial charge < -0.3 is 18.9 Å². The van der Waals surface area contributed by atoms with Gasteiger partial charge in [-0.15, -0.1) is 0 Å². The number of hydrogen-bond donors (Lipinski definition) is 0. The zero-order chi connectivity index (χ0) is 19.0. The van der Waals surface area contributed by atoms with Crippen molar-refractivity contribution in [3.8, 4) is 5.75 Å². The minimum atomic E-state index is -0.377. The Morgan fingerprint density at radius 1 is 1.07 bits per heavy atom. The molecule has 0 saturated carbocycles. The van der Waals surface area contributed by atoms with Crippen molar-refractivity contribution in [2.75, 3.05) is 19.8 Å². The van der Waals surface area contributed by atoms with Crippen molar-refractivity contribution in [1.29, 1.82) is 0 Å². The number of imidazole rings is 1. The quantitative estimate of drug-likeness (QED) is 0.689. The molecule has 0 aliphatic carbocycles. The normalized spacial score (nSPS) is 18.5. The predicted molar refractivity (Wildman–Crippen MR) is 105 cm³/mol. The van der Waals surface area contributed by atoms with Gasteiger partial charge in [-0.2, -0.15) is 0 Å². The summed E-state index contributed by atoms with van der Waals surface area (Å²) in [7, 11) is 0. The molecule has 28 heavy (non-hydrogen) atoms. The van der Waals surface area contributed by atoms with Crippen LogP contribution < -0.4 is 4.74 Å². The lowest BCUT2D eigenvalue weighted by molar-refractivity contribution is -0.137. The van der Waals surface area contributed by atoms with E-state index in [4.69, 9.17) is 9.47 Å². The first-order valence-corrected chi connectivity index (χ1v) is 9.75. The van der Waals surface area contributed by atoms with Crippen molar-refractivity contribution in [1.82, 2.24) is 14.5 Å². The molecule has 0 N–H and O–H groups in total. The summed E-state index contributed by atoms with van der Waals surface area (Å²) in [6.45, 7) is 2.74. The van der Waals surface area contributed by atoms with Crippen LogP contribution in [0.4, 0.5) is 0 Å². The van der Waals surface area contributed by atoms with Crippen LogP contribution in [0.25, 0.3) is 11.0 Å². The maximum absolute atomic E-state index is 13.3. The third kappa shape index (κ3) is 3.14. The number of para-hydroxylation sites is 3. The average molecular weight is 377 g/mol. The molecule has 1 saturated heterocycles. The molecule has 0 unspecified atom stereocenters. The topological polar surface area (TPSA) is 56.6 Å². The second-order valence-corrected chi connectivity index (χ2v) is 7.62. The summed E-state index contributed by atoms with van der Waals surface area (Å²) in [6, 6.07) is 15.9. The molecule has 6 heteroatoms. The van der Waals surface area contributed by atoms with Crippen molar-refractivity contribution in [2.24, 2.45) is 0 Å². The molecular weight excluding hydrogens is 354 g/mol. The van der Waals surface area contributed by atoms with Crippen molar-refractivity contribution in [2.45, 2.75) is 31.5 Å². The van der Waals surface area contributed by atoms with E-state index in [2.05, 4.69) is 4.98 Å². The first-order valence-electron chi connectivity index (χ1n) is 9.75. The lowest BCUT2D eigenvalue weighted by Crippen LogP contribution is -2.51. The number of amides is 1. The van der Waals surface area contributed by atoms with Crippen LogP contribution in [0.2, 0.25) is 0 Å². The highest BCUT2D eigenvalue weighted by atomic mass is 16.5. The molecule has 0 bridgehead atoms. The van der Waals surface area contributed by atoms with Gasteiger partial charge in [0.25, 0.3) is 0 Å². The molecule has 0 atom stereocenters. The second kappa shape index (κ2) is 6.95. The SMILES string of the molecule is O=C(Cn1cnc2ccccc21)N1Cc2ccccc2OC2(CCOCC2)C1. The number of nitrogens with zero attached hydrogens (tertiary/aromatic N) is 3. The molecule has 1 fully saturated rings. The van der Waals surface area contributed by atoms with Crippen LogP contribution in [0.15, 0.2) is 54.9 Å². The summed E-state index contributed by atoms with van der Waals surface area (Å²) in [5, 5.41) is 0. The lowest BCUT2D eigenvalue weighted by Gasteiger charge is -2.39. The Kier molecular flexibility index (Phi) is 4.28. The summed E-state index contributed by atoms with van der Waals surface area (Å²) >= 11 is 0. The number of rotatable bonds is 2. The number of carbonyl (C=O) groups excluding carboxylic acids is 1. The summed E-state index contributed by atoms with van der Waals surface area (Å²) in [5.74, 6) is 0.960. The smallest absolute Gasteiger partial charge is 0.243 e. The highest BCUT2D eigenvalue weighted by Crippen LogP contribution is 2.35. The van der Waals surface area contributed by atoms with Crippen LogP contribution in [-0.4, -0.2) is 45.7 Å². The first kappa shape index (κ1) is 17.3. The molecule has 2 aliphatic heterocycles. The summed E-state index contributed by atoms with van der Waals surface area (Å²) in [4.78, 5) is 19.6. The highest BCUT2D eigenvalue weighted by molar-refractivity contribution is 5.80. The summed E-state index contributed by atoms with van der Waals surface area (Å²) in [6.07, 6.45) is 3.33. The number of ether oxygens (including phenoxy) is 2. The number of fused-ring (bicyclic) bond motifs is 2. The van der Waals surface area contributed by atoms with E-state index in [1.165, 1.54) is 0 Å². The number of hydrogen-bond acceptors (Lipinski definition) is 4. The van der Waals surface area contributed by atoms with E-state index in [0.717, 1.165) is 35.2 Å². The Bertz CT molecular complexity index is 1010. The molecule has 1 amide bonds. The highest BCUT2D eigenvalue weighted by Gasteiger charge is 2.40. The van der Waals surface area contributed by atoms with Crippen LogP contribution in [0, 0.1) is 0 Å². The van der Waals surface area contributed by atoms with E-state index in [9.17, 15) is 4.79 Å². The molecule has 5 rings (SSSR count). The molecule has 0 radical (unpaired) electrons. The van der Waals surface area contributed by atoms with E-state index >= 15 is 0 Å². The Hall–Kier alpha value is -2.86. The fourth-order valence-electron chi connectivity index (χ4n) is 4.17. The molecule has 2 aliphatic rings. The van der Waals surface area contributed by atoms with Gasteiger partial charge in [0.05, 0.1) is 37.1 Å². The van der Waals surface area contributed by atoms with Crippen molar-refractivity contribution >= 4 is 16.9 Å². The van der Waals surface area contributed by atoms with Crippen LogP contribution in [0.5, 0.6) is 5.75 Å². The summed E-state index contributed by atoms with van der Waals surface area (Å²) in [5.41, 5.74) is 2.55. The van der Waals surface area contributed by atoms with E-state index in [1.807, 2.05) is 58.0 Å². The standard InChI is InChI=1S/C22H23N3O3/c26-21(14-25-16-23-18-6-2-3-7-19(18)25)24-13-17-5-1-4-8-20(17)28-22(15-24)9-11-27-12-10-22/h1-8,16H,9-15H2. The Morgan fingerprint density at radius 2 is 1.86 bits per heavy atom. The van der Waals surface area contributed by atoms with E-state index in [-0.39, 0.29) is 18.1 Å². The van der Waals surface area contributed by atoms with Gasteiger partial charge in [-0.25, -0.2) is 4.98 Å². The second-order valence-electron chi connectivity index (χ2n) is 7.62. The van der Waals surface area contributed by atoms with Crippen molar-refractivity contribution < 1.29 is 14.3 Å². The Labute approximate surface area is 163 Å². The van der Waals surface area contributed by atoms with Crippen LogP contribution >= 0.6 is 0 Å². The maximum Gasteiger partial charge on any atom is 0.243 e. The van der Waals surface area contributed by atoms with E-state index < -0.39 is 0 Å². The molecule has 6 nitrogen and oxygen atoms in total. The van der Waals surface area contributed by atoms with Crippen LogP contribution in [0.3, 0.4) is 0 Å². The number of carbonyl (C=O) groups is 1. The van der Waals surface area contributed by atoms with Gasteiger partial charge in [0.15, 0.2) is 0 Å². The first-order chi connectivity index (χ1) is 13.7. The van der Waals surface area contributed by atoms with Crippen molar-refractivity contribution in [3.63, 3.8) is 0 Å². The fourth-order valence-corrected chi connectivity index (χ4v) is 4.17. The molecule has 3 aromatic rings. The molecule has 1 aromatic heterocycles. The minimum Gasteiger partial charge on any atom is -0.485 e. The summed E-state index contributed by atoms with van der Waals surface area (Å²) < 4.78 is 14.0. The Balaban J connectivity index is 1.45. The Morgan fingerprint density at radius 3 is 2.75 bits per heavy atom.